The van der Waals surface area contributed by atoms with Gasteiger partial charge in [-0.1, -0.05) is 19.1 Å². The van der Waals surface area contributed by atoms with Gasteiger partial charge in [-0.05, 0) is 37.3 Å². The van der Waals surface area contributed by atoms with Crippen molar-refractivity contribution in [1.82, 2.24) is 14.5 Å². The van der Waals surface area contributed by atoms with Crippen molar-refractivity contribution in [3.63, 3.8) is 0 Å². The summed E-state index contributed by atoms with van der Waals surface area (Å²) in [5.74, 6) is 0.702. The second-order valence-corrected chi connectivity index (χ2v) is 6.55. The van der Waals surface area contributed by atoms with E-state index in [0.717, 1.165) is 30.6 Å². The third-order valence-corrected chi connectivity index (χ3v) is 4.63. The number of carbonyl (C=O) groups excluding carboxylic acids is 1. The van der Waals surface area contributed by atoms with Crippen LogP contribution in [0.4, 0.5) is 0 Å². The number of aryl methyl sites for hydroxylation is 2. The SMILES string of the molecule is Cc1cccc2c(=O)n(CCC(=O)N3CCCC(C)C3)cnc12. The van der Waals surface area contributed by atoms with Crippen LogP contribution in [-0.4, -0.2) is 33.4 Å². The highest BCUT2D eigenvalue weighted by molar-refractivity contribution is 5.80. The van der Waals surface area contributed by atoms with E-state index in [1.165, 1.54) is 6.42 Å². The molecular weight excluding hydrogens is 290 g/mol. The number of benzene rings is 1. The second-order valence-electron chi connectivity index (χ2n) is 6.55. The van der Waals surface area contributed by atoms with Gasteiger partial charge >= 0.3 is 0 Å². The highest BCUT2D eigenvalue weighted by Gasteiger charge is 2.20. The molecule has 1 aromatic carbocycles. The van der Waals surface area contributed by atoms with Gasteiger partial charge < -0.3 is 4.90 Å². The number of aromatic nitrogens is 2. The van der Waals surface area contributed by atoms with E-state index in [1.807, 2.05) is 24.0 Å². The molecule has 1 unspecified atom stereocenters. The third-order valence-electron chi connectivity index (χ3n) is 4.63. The largest absolute Gasteiger partial charge is 0.342 e. The first-order valence-corrected chi connectivity index (χ1v) is 8.29. The number of rotatable bonds is 3. The van der Waals surface area contributed by atoms with Crippen LogP contribution in [0.25, 0.3) is 10.9 Å². The first-order valence-electron chi connectivity index (χ1n) is 8.29. The number of hydrogen-bond donors (Lipinski definition) is 0. The minimum atomic E-state index is -0.0708. The van der Waals surface area contributed by atoms with Gasteiger partial charge in [0.15, 0.2) is 0 Å². The van der Waals surface area contributed by atoms with E-state index in [0.29, 0.717) is 24.3 Å². The summed E-state index contributed by atoms with van der Waals surface area (Å²) < 4.78 is 1.55. The Morgan fingerprint density at radius 2 is 2.22 bits per heavy atom. The van der Waals surface area contributed by atoms with Gasteiger partial charge in [0.1, 0.15) is 0 Å². The molecule has 122 valence electrons. The Kier molecular flexibility index (Phi) is 4.46. The number of piperidine rings is 1. The molecule has 1 aromatic heterocycles. The zero-order valence-electron chi connectivity index (χ0n) is 13.8. The summed E-state index contributed by atoms with van der Waals surface area (Å²) in [7, 11) is 0. The Hall–Kier alpha value is -2.17. The number of carbonyl (C=O) groups is 1. The Balaban J connectivity index is 1.73. The van der Waals surface area contributed by atoms with Gasteiger partial charge in [-0.25, -0.2) is 4.98 Å². The average Bonchev–Trinajstić information content (AvgIpc) is 2.55. The van der Waals surface area contributed by atoms with Crippen molar-refractivity contribution in [2.75, 3.05) is 13.1 Å². The maximum atomic E-state index is 12.5. The number of hydrogen-bond acceptors (Lipinski definition) is 3. The van der Waals surface area contributed by atoms with E-state index in [2.05, 4.69) is 11.9 Å². The van der Waals surface area contributed by atoms with Crippen LogP contribution in [0.3, 0.4) is 0 Å². The van der Waals surface area contributed by atoms with Crippen molar-refractivity contribution in [1.29, 1.82) is 0 Å². The molecule has 5 nitrogen and oxygen atoms in total. The van der Waals surface area contributed by atoms with Gasteiger partial charge in [0, 0.05) is 26.1 Å². The topological polar surface area (TPSA) is 55.2 Å². The summed E-state index contributed by atoms with van der Waals surface area (Å²) in [6.45, 7) is 6.19. The van der Waals surface area contributed by atoms with Crippen molar-refractivity contribution in [3.8, 4) is 0 Å². The summed E-state index contributed by atoms with van der Waals surface area (Å²) in [4.78, 5) is 31.2. The van der Waals surface area contributed by atoms with E-state index in [1.54, 1.807) is 17.0 Å². The number of para-hydroxylation sites is 1. The zero-order chi connectivity index (χ0) is 16.4. The number of likely N-dealkylation sites (tertiary alicyclic amines) is 1. The summed E-state index contributed by atoms with van der Waals surface area (Å²) >= 11 is 0. The molecule has 1 atom stereocenters. The molecule has 0 N–H and O–H groups in total. The summed E-state index contributed by atoms with van der Waals surface area (Å²) in [5.41, 5.74) is 1.66. The Labute approximate surface area is 135 Å². The normalized spacial score (nSPS) is 18.3. The fourth-order valence-corrected chi connectivity index (χ4v) is 3.29. The van der Waals surface area contributed by atoms with Crippen LogP contribution in [0, 0.1) is 12.8 Å². The quantitative estimate of drug-likeness (QED) is 0.874. The van der Waals surface area contributed by atoms with Crippen LogP contribution in [0.2, 0.25) is 0 Å². The molecule has 5 heteroatoms. The molecule has 0 saturated carbocycles. The first kappa shape index (κ1) is 15.7. The minimum Gasteiger partial charge on any atom is -0.342 e. The van der Waals surface area contributed by atoms with Gasteiger partial charge in [-0.2, -0.15) is 0 Å². The lowest BCUT2D eigenvalue weighted by atomic mass is 10.00. The summed E-state index contributed by atoms with van der Waals surface area (Å²) in [6.07, 6.45) is 4.18. The summed E-state index contributed by atoms with van der Waals surface area (Å²) in [5, 5.41) is 0.617. The van der Waals surface area contributed by atoms with Crippen LogP contribution in [-0.2, 0) is 11.3 Å². The molecule has 0 bridgehead atoms. The Morgan fingerprint density at radius 3 is 3.00 bits per heavy atom. The van der Waals surface area contributed by atoms with Gasteiger partial charge in [0.05, 0.1) is 17.2 Å². The van der Waals surface area contributed by atoms with Crippen molar-refractivity contribution in [2.24, 2.45) is 5.92 Å². The van der Waals surface area contributed by atoms with Gasteiger partial charge in [0.25, 0.3) is 5.56 Å². The van der Waals surface area contributed by atoms with E-state index in [9.17, 15) is 9.59 Å². The molecule has 1 fully saturated rings. The lowest BCUT2D eigenvalue weighted by molar-refractivity contribution is -0.133. The zero-order valence-corrected chi connectivity index (χ0v) is 13.8. The van der Waals surface area contributed by atoms with Crippen molar-refractivity contribution in [2.45, 2.75) is 39.7 Å². The van der Waals surface area contributed by atoms with Crippen molar-refractivity contribution in [3.05, 3.63) is 40.4 Å². The number of amides is 1. The molecule has 1 aliphatic heterocycles. The van der Waals surface area contributed by atoms with Crippen LogP contribution in [0.1, 0.15) is 31.7 Å². The number of nitrogens with zero attached hydrogens (tertiary/aromatic N) is 3. The molecular formula is C18H23N3O2. The van der Waals surface area contributed by atoms with E-state index in [-0.39, 0.29) is 11.5 Å². The van der Waals surface area contributed by atoms with Crippen LogP contribution in [0.5, 0.6) is 0 Å². The molecule has 2 heterocycles. The standard InChI is InChI=1S/C18H23N3O2/c1-13-5-4-9-20(11-13)16(22)8-10-21-12-19-17-14(2)6-3-7-15(17)18(21)23/h3,6-7,12-13H,4-5,8-11H2,1-2H3. The molecule has 0 spiro atoms. The smallest absolute Gasteiger partial charge is 0.261 e. The molecule has 0 aliphatic carbocycles. The fourth-order valence-electron chi connectivity index (χ4n) is 3.29. The molecule has 1 saturated heterocycles. The van der Waals surface area contributed by atoms with E-state index < -0.39 is 0 Å². The van der Waals surface area contributed by atoms with E-state index in [4.69, 9.17) is 0 Å². The van der Waals surface area contributed by atoms with Gasteiger partial charge in [-0.15, -0.1) is 0 Å². The van der Waals surface area contributed by atoms with Crippen molar-refractivity contribution >= 4 is 16.8 Å². The van der Waals surface area contributed by atoms with Crippen molar-refractivity contribution < 1.29 is 4.79 Å². The minimum absolute atomic E-state index is 0.0708. The summed E-state index contributed by atoms with van der Waals surface area (Å²) in [6, 6.07) is 5.60. The predicted molar refractivity (Wildman–Crippen MR) is 90.3 cm³/mol. The molecule has 23 heavy (non-hydrogen) atoms. The molecule has 1 amide bonds. The van der Waals surface area contributed by atoms with E-state index >= 15 is 0 Å². The Bertz CT molecular complexity index is 781. The highest BCUT2D eigenvalue weighted by atomic mass is 16.2. The average molecular weight is 313 g/mol. The van der Waals surface area contributed by atoms with Gasteiger partial charge in [0.2, 0.25) is 5.91 Å². The predicted octanol–water partition coefficient (Wildman–Crippen LogP) is 2.35. The van der Waals surface area contributed by atoms with Crippen LogP contribution >= 0.6 is 0 Å². The molecule has 2 aromatic rings. The van der Waals surface area contributed by atoms with Crippen LogP contribution < -0.4 is 5.56 Å². The second kappa shape index (κ2) is 6.52. The number of fused-ring (bicyclic) bond motifs is 1. The maximum absolute atomic E-state index is 12.5. The molecule has 1 aliphatic rings. The maximum Gasteiger partial charge on any atom is 0.261 e. The lowest BCUT2D eigenvalue weighted by Gasteiger charge is -2.31. The van der Waals surface area contributed by atoms with Gasteiger partial charge in [-0.3, -0.25) is 14.2 Å². The van der Waals surface area contributed by atoms with Crippen LogP contribution in [0.15, 0.2) is 29.3 Å². The lowest BCUT2D eigenvalue weighted by Crippen LogP contribution is -2.39. The Morgan fingerprint density at radius 1 is 1.39 bits per heavy atom. The fraction of sp³-hybridized carbons (Fsp3) is 0.500. The molecule has 3 rings (SSSR count). The highest BCUT2D eigenvalue weighted by Crippen LogP contribution is 2.16. The monoisotopic (exact) mass is 313 g/mol. The first-order chi connectivity index (χ1) is 11.1. The third kappa shape index (κ3) is 3.28. The molecule has 0 radical (unpaired) electrons.